The molecule has 0 spiro atoms. The molecule has 1 unspecified atom stereocenters. The Labute approximate surface area is 511 Å². The summed E-state index contributed by atoms with van der Waals surface area (Å²) in [7, 11) is 6.51. The molecule has 2 saturated heterocycles. The van der Waals surface area contributed by atoms with Crippen LogP contribution in [0.15, 0.2) is 66.3 Å². The minimum absolute atomic E-state index is 0. The number of aromatic nitrogens is 1. The number of rotatable bonds is 28. The second-order valence-electron chi connectivity index (χ2n) is 22.6. The molecule has 1 aromatic heterocycles. The third-order valence-electron chi connectivity index (χ3n) is 16.2. The summed E-state index contributed by atoms with van der Waals surface area (Å²) >= 11 is 6.83. The van der Waals surface area contributed by atoms with Crippen LogP contribution in [0.25, 0.3) is 10.9 Å². The fourth-order valence-corrected chi connectivity index (χ4v) is 10.9. The van der Waals surface area contributed by atoms with Crippen molar-refractivity contribution in [3.8, 4) is 0 Å². The summed E-state index contributed by atoms with van der Waals surface area (Å²) in [6.45, 7) is 14.5. The molecule has 2 fully saturated rings. The first-order valence-electron chi connectivity index (χ1n) is 29.3. The van der Waals surface area contributed by atoms with E-state index in [1.165, 1.54) is 30.9 Å². The van der Waals surface area contributed by atoms with Gasteiger partial charge in [0.25, 0.3) is 0 Å². The number of halogens is 1. The fourth-order valence-electron chi connectivity index (χ4n) is 10.6. The average molecular weight is 1230 g/mol. The van der Waals surface area contributed by atoms with Gasteiger partial charge in [-0.1, -0.05) is 80.9 Å². The maximum atomic E-state index is 14.3. The number of carbonyl (C=O) groups is 6. The number of epoxide rings is 1. The van der Waals surface area contributed by atoms with Gasteiger partial charge in [0.1, 0.15) is 30.0 Å². The summed E-state index contributed by atoms with van der Waals surface area (Å²) in [5.74, 6) is -2.81. The molecule has 0 aliphatic carbocycles. The zero-order valence-corrected chi connectivity index (χ0v) is 51.8. The van der Waals surface area contributed by atoms with Crippen LogP contribution >= 0.6 is 11.6 Å². The summed E-state index contributed by atoms with van der Waals surface area (Å²) in [6, 6.07) is 12.5. The molecule has 86 heavy (non-hydrogen) atoms. The van der Waals surface area contributed by atoms with Crippen LogP contribution in [0.5, 0.6) is 0 Å². The lowest BCUT2D eigenvalue weighted by Crippen LogP contribution is -2.63. The van der Waals surface area contributed by atoms with Gasteiger partial charge in [0.2, 0.25) is 23.6 Å². The Morgan fingerprint density at radius 1 is 0.965 bits per heavy atom. The highest BCUT2D eigenvalue weighted by Crippen LogP contribution is 2.49. The molecule has 23 heteroatoms. The molecule has 3 aliphatic rings. The van der Waals surface area contributed by atoms with E-state index < -0.39 is 65.7 Å². The molecule has 3 aliphatic heterocycles. The van der Waals surface area contributed by atoms with Crippen LogP contribution in [-0.2, 0) is 70.0 Å². The lowest BCUT2D eigenvalue weighted by molar-refractivity contribution is -0.162. The molecule has 4 bridgehead atoms. The van der Waals surface area contributed by atoms with E-state index in [1.54, 1.807) is 37.6 Å². The Kier molecular flexibility index (Phi) is 27.7. The van der Waals surface area contributed by atoms with Gasteiger partial charge in [-0.25, -0.2) is 9.59 Å². The number of para-hydroxylation sites is 1. The van der Waals surface area contributed by atoms with E-state index in [9.17, 15) is 39.0 Å². The molecular weight excluding hydrogens is 1130 g/mol. The molecule has 0 radical (unpaired) electrons. The Balaban J connectivity index is 0.0000135. The Morgan fingerprint density at radius 3 is 2.29 bits per heavy atom. The number of carbonyl (C=O) groups excluding carboxylic acids is 6. The predicted octanol–water partition coefficient (Wildman–Crippen LogP) is 6.55. The van der Waals surface area contributed by atoms with Crippen LogP contribution in [0, 0.1) is 18.8 Å². The lowest BCUT2D eigenvalue weighted by atomic mass is 9.83. The van der Waals surface area contributed by atoms with Gasteiger partial charge in [-0.15, -0.1) is 0 Å². The smallest absolute Gasteiger partial charge is 0.409 e. The number of nitrogens with zero attached hydrogens (tertiary/aromatic N) is 4. The third kappa shape index (κ3) is 19.4. The van der Waals surface area contributed by atoms with Gasteiger partial charge in [-0.2, -0.15) is 0 Å². The number of ether oxygens (including phenoxy) is 8. The lowest BCUT2D eigenvalue weighted by Gasteiger charge is -2.42. The maximum absolute atomic E-state index is 14.3. The molecule has 22 nitrogen and oxygen atoms in total. The van der Waals surface area contributed by atoms with Gasteiger partial charge in [0.05, 0.1) is 88.0 Å². The number of methoxy groups -OCH3 is 1. The van der Waals surface area contributed by atoms with Crippen LogP contribution in [-0.4, -0.2) is 203 Å². The van der Waals surface area contributed by atoms with Gasteiger partial charge in [-0.3, -0.25) is 29.1 Å². The molecule has 478 valence electrons. The van der Waals surface area contributed by atoms with Gasteiger partial charge in [0.15, 0.2) is 5.72 Å². The summed E-state index contributed by atoms with van der Waals surface area (Å²) in [5.41, 5.74) is 1.67. The predicted molar refractivity (Wildman–Crippen MR) is 326 cm³/mol. The van der Waals surface area contributed by atoms with Crippen molar-refractivity contribution >= 4 is 63.9 Å². The molecule has 9 atom stereocenters. The molecule has 3 aromatic rings. The van der Waals surface area contributed by atoms with Crippen molar-refractivity contribution in [2.75, 3.05) is 106 Å². The van der Waals surface area contributed by atoms with Crippen molar-refractivity contribution in [1.82, 2.24) is 25.0 Å². The van der Waals surface area contributed by atoms with Crippen molar-refractivity contribution < 1.29 is 76.9 Å². The highest BCUT2D eigenvalue weighted by Gasteiger charge is 2.64. The van der Waals surface area contributed by atoms with E-state index in [4.69, 9.17) is 49.5 Å². The van der Waals surface area contributed by atoms with Crippen molar-refractivity contribution in [1.29, 1.82) is 0 Å². The second kappa shape index (κ2) is 33.5. The van der Waals surface area contributed by atoms with Crippen molar-refractivity contribution in [2.24, 2.45) is 11.8 Å². The number of aliphatic hydroxyl groups excluding tert-OH is 1. The van der Waals surface area contributed by atoms with Crippen LogP contribution in [0.3, 0.4) is 0 Å². The number of hydrogen-bond donors (Lipinski definition) is 4. The van der Waals surface area contributed by atoms with Crippen molar-refractivity contribution in [3.63, 3.8) is 0 Å². The Morgan fingerprint density at radius 2 is 1.63 bits per heavy atom. The highest BCUT2D eigenvalue weighted by molar-refractivity contribution is 6.34. The Bertz CT molecular complexity index is 2830. The minimum atomic E-state index is -1.85. The number of benzene rings is 2. The van der Waals surface area contributed by atoms with Crippen LogP contribution < -0.4 is 15.5 Å². The number of anilines is 1. The summed E-state index contributed by atoms with van der Waals surface area (Å²) in [4.78, 5) is 85.6. The third-order valence-corrected chi connectivity index (χ3v) is 16.7. The second-order valence-corrected chi connectivity index (χ2v) is 23.0. The van der Waals surface area contributed by atoms with E-state index in [0.29, 0.717) is 63.1 Å². The topological polar surface area (TPSA) is 259 Å². The van der Waals surface area contributed by atoms with E-state index in [1.807, 2.05) is 69.4 Å². The van der Waals surface area contributed by atoms with Gasteiger partial charge >= 0.3 is 12.1 Å². The number of alkyl carbamates (subject to hydrolysis) is 1. The first kappa shape index (κ1) is 71.0. The number of amides is 4. The van der Waals surface area contributed by atoms with Crippen molar-refractivity contribution in [2.45, 2.75) is 142 Å². The quantitative estimate of drug-likeness (QED) is 0.0341. The first-order chi connectivity index (χ1) is 40.5. The molecule has 4 heterocycles. The normalized spacial score (nSPS) is 24.1. The average Bonchev–Trinajstić information content (AvgIpc) is 1.63. The van der Waals surface area contributed by atoms with Crippen LogP contribution in [0.2, 0.25) is 5.02 Å². The molecule has 4 N–H and O–H groups in total. The number of nitrogens with one attached hydrogen (secondary N) is 2. The number of allylic oxidation sites excluding steroid dienone is 3. The van der Waals surface area contributed by atoms with E-state index >= 15 is 0 Å². The Hall–Kier alpha value is -5.79. The van der Waals surface area contributed by atoms with Gasteiger partial charge in [-0.05, 0) is 89.4 Å². The minimum Gasteiger partial charge on any atom is -0.457 e. The van der Waals surface area contributed by atoms with Gasteiger partial charge in [0, 0.05) is 77.2 Å². The number of fused-ring (bicyclic) bond motifs is 6. The maximum Gasteiger partial charge on any atom is 0.409 e. The van der Waals surface area contributed by atoms with E-state index in [-0.39, 0.29) is 96.2 Å². The highest BCUT2D eigenvalue weighted by atomic mass is 35.5. The summed E-state index contributed by atoms with van der Waals surface area (Å²) in [5, 5.41) is 28.6. The van der Waals surface area contributed by atoms with Gasteiger partial charge < -0.3 is 68.1 Å². The zero-order valence-electron chi connectivity index (χ0n) is 51.0. The van der Waals surface area contributed by atoms with Crippen LogP contribution in [0.1, 0.15) is 102 Å². The molecular formula is C63H93ClN6O16. The molecule has 2 aromatic carbocycles. The number of aliphatic hydroxyl groups is 2. The molecule has 6 rings (SSSR count). The number of hydrogen-bond acceptors (Lipinski definition) is 17. The first-order valence-corrected chi connectivity index (χ1v) is 29.7. The van der Waals surface area contributed by atoms with Crippen LogP contribution in [0.4, 0.5) is 10.5 Å². The SMILES string of the molecule is C.CCN(C)Cc1cc2ccccc2n1C(=O)C[C@@H](CO)CCC(=O)NCCOCCOCCOCCOCCC(=O)N(C)[C@@H](C)C(=O)O[C@H]1CC(=O)N(C)c2cc(cc(C)c2Cl)C/C(C)=C/C=C/[C@@H](OC)[C@]2(O)C[C@H](OC(=O)N2)[C@@H](C)C2O[C@]21C. The monoisotopic (exact) mass is 1220 g/mol. The number of likely N-dealkylation sites (N-methyl/N-ethyl adjacent to an activating group) is 1. The number of aryl methyl sites for hydroxylation is 1. The fraction of sp³-hybridized carbons (Fsp3) is 0.619. The standard InChI is InChI=1S/C62H89ClN6O16.CH4/c1-11-66(7)38-47-35-46-16-12-13-17-48(46)69(47)56(74)34-44(39-70)19-20-53(71)64-22-24-80-26-28-82-30-29-81-27-25-79-23-21-54(72)67(8)43(5)59(75)84-52-36-55(73)68(9)49-33-45(32-41(3)57(49)63)31-40(2)15-14-18-51(78-10)62(77)37-50(83-60(76)65-62)42(4)58-61(52,6)85-58;/h12-18,32-33,35,42-44,50-52,58,70,77H,11,19-31,34,36-39H2,1-10H3,(H,64,71)(H,65,76);1H4/b18-14+,40-15+;/t42-,43+,44+,50+,51-,52+,58?,61+,62-;/m1./s1. The molecule has 0 saturated carbocycles. The molecule has 4 amide bonds. The largest absolute Gasteiger partial charge is 0.457 e. The van der Waals surface area contributed by atoms with E-state index in [0.717, 1.165) is 39.8 Å². The number of esters is 1. The zero-order chi connectivity index (χ0) is 62.0. The van der Waals surface area contributed by atoms with Crippen molar-refractivity contribution in [3.05, 3.63) is 88.1 Å². The summed E-state index contributed by atoms with van der Waals surface area (Å²) < 4.78 is 48.0. The summed E-state index contributed by atoms with van der Waals surface area (Å²) in [6.07, 6.45) is 1.44. The van der Waals surface area contributed by atoms with E-state index in [2.05, 4.69) is 22.5 Å².